The Hall–Kier alpha value is -1.74. The first kappa shape index (κ1) is 16.3. The van der Waals surface area contributed by atoms with Gasteiger partial charge in [0.15, 0.2) is 0 Å². The van der Waals surface area contributed by atoms with Crippen LogP contribution in [0.15, 0.2) is 29.2 Å². The number of alkyl halides is 3. The van der Waals surface area contributed by atoms with Gasteiger partial charge in [-0.15, -0.1) is 0 Å². The molecule has 1 aromatic rings. The topological polar surface area (TPSA) is 98.2 Å². The molecule has 0 bridgehead atoms. The molecule has 1 atom stereocenters. The highest BCUT2D eigenvalue weighted by Gasteiger charge is 2.30. The molecule has 2 amide bonds. The number of hydrogen-bond acceptors (Lipinski definition) is 4. The molecule has 0 heterocycles. The molecule has 1 unspecified atom stereocenters. The van der Waals surface area contributed by atoms with Crippen molar-refractivity contribution in [2.24, 2.45) is 11.5 Å². The van der Waals surface area contributed by atoms with Crippen molar-refractivity contribution in [3.8, 4) is 0 Å². The second-order valence-corrected chi connectivity index (χ2v) is 4.92. The average molecular weight is 307 g/mol. The fraction of sp³-hybridized carbons (Fsp3) is 0.273. The molecule has 0 fully saturated rings. The number of hydrogen-bond donors (Lipinski definition) is 3. The van der Waals surface area contributed by atoms with Crippen LogP contribution in [0, 0.1) is 0 Å². The standard InChI is InChI=1S/C11H12F3N3O2S/c12-11(13,14)20-8-4-2-1-3-7(8)17-10(19)6(15)5-9(16)18/h1-4,6H,5,15H2,(H2,16,18)(H,17,19). The molecule has 20 heavy (non-hydrogen) atoms. The Morgan fingerprint density at radius 2 is 1.90 bits per heavy atom. The maximum absolute atomic E-state index is 12.4. The monoisotopic (exact) mass is 307 g/mol. The van der Waals surface area contributed by atoms with Crippen molar-refractivity contribution in [1.29, 1.82) is 0 Å². The Morgan fingerprint density at radius 1 is 1.30 bits per heavy atom. The van der Waals surface area contributed by atoms with Crippen molar-refractivity contribution in [2.75, 3.05) is 5.32 Å². The van der Waals surface area contributed by atoms with Crippen LogP contribution in [0.4, 0.5) is 18.9 Å². The van der Waals surface area contributed by atoms with Crippen LogP contribution in [0.5, 0.6) is 0 Å². The van der Waals surface area contributed by atoms with Crippen LogP contribution < -0.4 is 16.8 Å². The molecular formula is C11H12F3N3O2S. The minimum absolute atomic E-state index is 0.0280. The van der Waals surface area contributed by atoms with E-state index >= 15 is 0 Å². The zero-order valence-corrected chi connectivity index (χ0v) is 10.9. The number of anilines is 1. The Labute approximate surface area is 116 Å². The van der Waals surface area contributed by atoms with Crippen molar-refractivity contribution >= 4 is 29.3 Å². The summed E-state index contributed by atoms with van der Waals surface area (Å²) in [6, 6.07) is 4.19. The van der Waals surface area contributed by atoms with Gasteiger partial charge in [-0.1, -0.05) is 12.1 Å². The molecule has 1 rings (SSSR count). The highest BCUT2D eigenvalue weighted by Crippen LogP contribution is 2.40. The van der Waals surface area contributed by atoms with E-state index in [2.05, 4.69) is 5.32 Å². The van der Waals surface area contributed by atoms with Gasteiger partial charge in [0.1, 0.15) is 0 Å². The summed E-state index contributed by atoms with van der Waals surface area (Å²) in [5.74, 6) is -1.55. The maximum atomic E-state index is 12.4. The molecule has 0 saturated heterocycles. The minimum Gasteiger partial charge on any atom is -0.370 e. The SMILES string of the molecule is NC(=O)CC(N)C(=O)Nc1ccccc1SC(F)(F)F. The third-order valence-electron chi connectivity index (χ3n) is 2.13. The average Bonchev–Trinajstić information content (AvgIpc) is 2.28. The summed E-state index contributed by atoms with van der Waals surface area (Å²) >= 11 is -0.352. The molecule has 0 spiro atoms. The number of primary amides is 1. The first-order chi connectivity index (χ1) is 9.19. The maximum Gasteiger partial charge on any atom is 0.446 e. The number of carbonyl (C=O) groups excluding carboxylic acids is 2. The number of nitrogens with one attached hydrogen (secondary N) is 1. The predicted molar refractivity (Wildman–Crippen MR) is 68.8 cm³/mol. The summed E-state index contributed by atoms with van der Waals surface area (Å²) in [6.07, 6.45) is -0.388. The fourth-order valence-electron chi connectivity index (χ4n) is 1.32. The van der Waals surface area contributed by atoms with Gasteiger partial charge >= 0.3 is 5.51 Å². The van der Waals surface area contributed by atoms with Gasteiger partial charge in [0.25, 0.3) is 0 Å². The molecule has 9 heteroatoms. The van der Waals surface area contributed by atoms with Crippen molar-refractivity contribution in [1.82, 2.24) is 0 Å². The number of carbonyl (C=O) groups is 2. The summed E-state index contributed by atoms with van der Waals surface area (Å²) in [4.78, 5) is 22.1. The number of amides is 2. The molecule has 5 nitrogen and oxygen atoms in total. The van der Waals surface area contributed by atoms with Crippen LogP contribution in [-0.4, -0.2) is 23.4 Å². The lowest BCUT2D eigenvalue weighted by molar-refractivity contribution is -0.123. The van der Waals surface area contributed by atoms with Gasteiger partial charge in [0.2, 0.25) is 11.8 Å². The molecule has 0 aliphatic heterocycles. The normalized spacial score (nSPS) is 12.8. The van der Waals surface area contributed by atoms with Gasteiger partial charge in [-0.25, -0.2) is 0 Å². The van der Waals surface area contributed by atoms with Gasteiger partial charge in [0, 0.05) is 4.90 Å². The van der Waals surface area contributed by atoms with Crippen molar-refractivity contribution in [3.63, 3.8) is 0 Å². The van der Waals surface area contributed by atoms with Gasteiger partial charge in [0.05, 0.1) is 18.2 Å². The van der Waals surface area contributed by atoms with Crippen molar-refractivity contribution in [2.45, 2.75) is 22.9 Å². The summed E-state index contributed by atoms with van der Waals surface area (Å²) in [6.45, 7) is 0. The molecule has 0 saturated carbocycles. The number of halogens is 3. The van der Waals surface area contributed by atoms with E-state index in [0.717, 1.165) is 0 Å². The van der Waals surface area contributed by atoms with Gasteiger partial charge < -0.3 is 16.8 Å². The summed E-state index contributed by atoms with van der Waals surface area (Å²) < 4.78 is 37.1. The van der Waals surface area contributed by atoms with Crippen LogP contribution >= 0.6 is 11.8 Å². The first-order valence-corrected chi connectivity index (χ1v) is 6.20. The quantitative estimate of drug-likeness (QED) is 0.717. The van der Waals surface area contributed by atoms with Gasteiger partial charge in [-0.3, -0.25) is 9.59 Å². The largest absolute Gasteiger partial charge is 0.446 e. The molecule has 0 aliphatic rings. The van der Waals surface area contributed by atoms with Gasteiger partial charge in [-0.05, 0) is 23.9 Å². The molecule has 0 aromatic heterocycles. The molecule has 110 valence electrons. The van der Waals surface area contributed by atoms with Gasteiger partial charge in [-0.2, -0.15) is 13.2 Å². The second kappa shape index (κ2) is 6.62. The van der Waals surface area contributed by atoms with Crippen LogP contribution in [-0.2, 0) is 9.59 Å². The third-order valence-corrected chi connectivity index (χ3v) is 2.94. The van der Waals surface area contributed by atoms with Crippen molar-refractivity contribution in [3.05, 3.63) is 24.3 Å². The number of thioether (sulfide) groups is 1. The van der Waals surface area contributed by atoms with E-state index in [1.807, 2.05) is 0 Å². The van der Waals surface area contributed by atoms with E-state index in [1.165, 1.54) is 24.3 Å². The predicted octanol–water partition coefficient (Wildman–Crippen LogP) is 1.44. The Kier molecular flexibility index (Phi) is 5.40. The zero-order valence-electron chi connectivity index (χ0n) is 10.1. The smallest absolute Gasteiger partial charge is 0.370 e. The number of rotatable bonds is 5. The lowest BCUT2D eigenvalue weighted by Gasteiger charge is -2.14. The lowest BCUT2D eigenvalue weighted by Crippen LogP contribution is -2.39. The van der Waals surface area contributed by atoms with E-state index in [-0.39, 0.29) is 28.8 Å². The van der Waals surface area contributed by atoms with Crippen LogP contribution in [0.2, 0.25) is 0 Å². The third kappa shape index (κ3) is 5.49. The summed E-state index contributed by atoms with van der Waals surface area (Å²) in [5.41, 5.74) is 5.78. The fourth-order valence-corrected chi connectivity index (χ4v) is 1.94. The number of benzene rings is 1. The number of para-hydroxylation sites is 1. The highest BCUT2D eigenvalue weighted by molar-refractivity contribution is 8.00. The summed E-state index contributed by atoms with van der Waals surface area (Å²) in [7, 11) is 0. The molecule has 0 radical (unpaired) electrons. The van der Waals surface area contributed by atoms with E-state index in [1.54, 1.807) is 0 Å². The Bertz CT molecular complexity index is 508. The first-order valence-electron chi connectivity index (χ1n) is 5.38. The summed E-state index contributed by atoms with van der Waals surface area (Å²) in [5, 5.41) is 2.25. The molecule has 1 aromatic carbocycles. The molecule has 5 N–H and O–H groups in total. The van der Waals surface area contributed by atoms with E-state index in [4.69, 9.17) is 11.5 Å². The van der Waals surface area contributed by atoms with Crippen LogP contribution in [0.1, 0.15) is 6.42 Å². The molecule has 0 aliphatic carbocycles. The minimum atomic E-state index is -4.48. The highest BCUT2D eigenvalue weighted by atomic mass is 32.2. The van der Waals surface area contributed by atoms with E-state index < -0.39 is 23.4 Å². The second-order valence-electron chi connectivity index (χ2n) is 3.81. The van der Waals surface area contributed by atoms with E-state index in [0.29, 0.717) is 0 Å². The van der Waals surface area contributed by atoms with Crippen LogP contribution in [0.25, 0.3) is 0 Å². The Morgan fingerprint density at radius 3 is 2.45 bits per heavy atom. The zero-order chi connectivity index (χ0) is 15.3. The molecular weight excluding hydrogens is 295 g/mol. The van der Waals surface area contributed by atoms with Crippen molar-refractivity contribution < 1.29 is 22.8 Å². The number of nitrogens with two attached hydrogens (primary N) is 2. The Balaban J connectivity index is 2.82. The van der Waals surface area contributed by atoms with E-state index in [9.17, 15) is 22.8 Å². The lowest BCUT2D eigenvalue weighted by atomic mass is 10.2. The van der Waals surface area contributed by atoms with Crippen LogP contribution in [0.3, 0.4) is 0 Å².